The number of halogens is 2. The van der Waals surface area contributed by atoms with Crippen molar-refractivity contribution in [3.05, 3.63) is 69.8 Å². The molecule has 0 unspecified atom stereocenters. The zero-order valence-electron chi connectivity index (χ0n) is 12.9. The van der Waals surface area contributed by atoms with Crippen molar-refractivity contribution in [3.8, 4) is 6.07 Å². The number of benzene rings is 2. The van der Waals surface area contributed by atoms with E-state index in [4.69, 9.17) is 23.2 Å². The number of amides is 1. The van der Waals surface area contributed by atoms with Crippen LogP contribution in [0.4, 0.5) is 11.4 Å². The van der Waals surface area contributed by atoms with Crippen LogP contribution in [0.5, 0.6) is 0 Å². The Balaban J connectivity index is 2.13. The molecule has 0 aromatic heterocycles. The summed E-state index contributed by atoms with van der Waals surface area (Å²) < 4.78 is 0. The summed E-state index contributed by atoms with van der Waals surface area (Å²) in [4.78, 5) is 12.2. The molecule has 0 fully saturated rings. The van der Waals surface area contributed by atoms with Gasteiger partial charge in [-0.1, -0.05) is 48.3 Å². The van der Waals surface area contributed by atoms with Crippen molar-refractivity contribution in [1.82, 2.24) is 0 Å². The second-order valence-electron chi connectivity index (χ2n) is 4.91. The number of hydrogen-bond donors (Lipinski definition) is 2. The van der Waals surface area contributed by atoms with Crippen LogP contribution in [0.25, 0.3) is 0 Å². The molecular weight excluding hydrogens is 345 g/mol. The number of aryl methyl sites for hydroxylation is 1. The minimum absolute atomic E-state index is 0.0491. The van der Waals surface area contributed by atoms with Crippen LogP contribution in [-0.4, -0.2) is 5.91 Å². The first-order valence-electron chi connectivity index (χ1n) is 7.26. The van der Waals surface area contributed by atoms with E-state index in [2.05, 4.69) is 10.6 Å². The summed E-state index contributed by atoms with van der Waals surface area (Å²) in [6, 6.07) is 14.3. The molecule has 0 aliphatic carbocycles. The molecule has 0 spiro atoms. The van der Waals surface area contributed by atoms with Crippen LogP contribution in [0.2, 0.25) is 10.0 Å². The molecule has 1 amide bonds. The van der Waals surface area contributed by atoms with Gasteiger partial charge in [-0.3, -0.25) is 4.79 Å². The van der Waals surface area contributed by atoms with E-state index in [1.165, 1.54) is 12.3 Å². The molecule has 0 heterocycles. The highest BCUT2D eigenvalue weighted by atomic mass is 35.5. The summed E-state index contributed by atoms with van der Waals surface area (Å²) in [5, 5.41) is 15.6. The van der Waals surface area contributed by atoms with E-state index in [-0.39, 0.29) is 5.57 Å². The van der Waals surface area contributed by atoms with Gasteiger partial charge in [0.05, 0.1) is 10.0 Å². The smallest absolute Gasteiger partial charge is 0.267 e. The maximum Gasteiger partial charge on any atom is 0.267 e. The number of hydrogen-bond acceptors (Lipinski definition) is 3. The third-order valence-electron chi connectivity index (χ3n) is 3.31. The van der Waals surface area contributed by atoms with Gasteiger partial charge in [0.1, 0.15) is 11.6 Å². The molecule has 0 atom stereocenters. The van der Waals surface area contributed by atoms with Gasteiger partial charge in [-0.25, -0.2) is 0 Å². The molecule has 6 heteroatoms. The van der Waals surface area contributed by atoms with E-state index in [0.717, 1.165) is 17.7 Å². The van der Waals surface area contributed by atoms with Crippen molar-refractivity contribution in [2.45, 2.75) is 13.3 Å². The molecule has 2 aromatic rings. The van der Waals surface area contributed by atoms with Gasteiger partial charge in [0.2, 0.25) is 0 Å². The summed E-state index contributed by atoms with van der Waals surface area (Å²) in [5.74, 6) is -0.530. The van der Waals surface area contributed by atoms with Gasteiger partial charge in [0.15, 0.2) is 0 Å². The standard InChI is InChI=1S/C18H15Cl2N3O/c1-2-12-5-3-4-6-17(12)22-11-13(10-21)18(24)23-14-7-8-15(19)16(20)9-14/h3-9,11,22H,2H2,1H3,(H,23,24)/b13-11-. The molecule has 2 rings (SSSR count). The van der Waals surface area contributed by atoms with E-state index in [9.17, 15) is 10.1 Å². The number of nitrogens with one attached hydrogen (secondary N) is 2. The maximum absolute atomic E-state index is 12.2. The second-order valence-corrected chi connectivity index (χ2v) is 5.72. The highest BCUT2D eigenvalue weighted by Gasteiger charge is 2.10. The van der Waals surface area contributed by atoms with E-state index in [0.29, 0.717) is 15.7 Å². The average Bonchev–Trinajstić information content (AvgIpc) is 2.59. The Kier molecular flexibility index (Phi) is 6.25. The lowest BCUT2D eigenvalue weighted by Crippen LogP contribution is -2.14. The van der Waals surface area contributed by atoms with E-state index < -0.39 is 5.91 Å². The van der Waals surface area contributed by atoms with E-state index >= 15 is 0 Å². The molecule has 0 saturated heterocycles. The molecule has 2 aromatic carbocycles. The van der Waals surface area contributed by atoms with Gasteiger partial charge in [-0.05, 0) is 36.2 Å². The molecule has 0 aliphatic rings. The zero-order chi connectivity index (χ0) is 17.5. The van der Waals surface area contributed by atoms with Crippen molar-refractivity contribution >= 4 is 40.5 Å². The Morgan fingerprint density at radius 2 is 1.96 bits per heavy atom. The van der Waals surface area contributed by atoms with Crippen LogP contribution in [0.15, 0.2) is 54.2 Å². The first-order valence-corrected chi connectivity index (χ1v) is 8.02. The van der Waals surface area contributed by atoms with Gasteiger partial charge in [-0.15, -0.1) is 0 Å². The van der Waals surface area contributed by atoms with Crippen molar-refractivity contribution in [2.24, 2.45) is 0 Å². The van der Waals surface area contributed by atoms with Crippen LogP contribution in [-0.2, 0) is 11.2 Å². The number of para-hydroxylation sites is 1. The van der Waals surface area contributed by atoms with Crippen LogP contribution in [0.1, 0.15) is 12.5 Å². The number of anilines is 2. The molecule has 0 bridgehead atoms. The molecule has 0 radical (unpaired) electrons. The molecule has 122 valence electrons. The molecule has 0 saturated carbocycles. The monoisotopic (exact) mass is 359 g/mol. The first-order chi connectivity index (χ1) is 11.5. The van der Waals surface area contributed by atoms with E-state index in [1.807, 2.05) is 37.3 Å². The lowest BCUT2D eigenvalue weighted by Gasteiger charge is -2.08. The SMILES string of the molecule is CCc1ccccc1N/C=C(/C#N)C(=O)Nc1ccc(Cl)c(Cl)c1. The van der Waals surface area contributed by atoms with Crippen molar-refractivity contribution in [1.29, 1.82) is 5.26 Å². The molecule has 2 N–H and O–H groups in total. The van der Waals surface area contributed by atoms with E-state index in [1.54, 1.807) is 12.1 Å². The third kappa shape index (κ3) is 4.51. The topological polar surface area (TPSA) is 64.9 Å². The lowest BCUT2D eigenvalue weighted by atomic mass is 10.1. The Bertz CT molecular complexity index is 825. The van der Waals surface area contributed by atoms with Gasteiger partial charge in [0.25, 0.3) is 5.91 Å². The predicted molar refractivity (Wildman–Crippen MR) is 98.2 cm³/mol. The van der Waals surface area contributed by atoms with Crippen LogP contribution in [0.3, 0.4) is 0 Å². The fourth-order valence-corrected chi connectivity index (χ4v) is 2.34. The minimum atomic E-state index is -0.530. The van der Waals surface area contributed by atoms with Gasteiger partial charge < -0.3 is 10.6 Å². The highest BCUT2D eigenvalue weighted by molar-refractivity contribution is 6.42. The normalized spacial score (nSPS) is 10.8. The summed E-state index contributed by atoms with van der Waals surface area (Å²) in [6.07, 6.45) is 2.23. The number of nitriles is 1. The summed E-state index contributed by atoms with van der Waals surface area (Å²) in [7, 11) is 0. The molecular formula is C18H15Cl2N3O. The zero-order valence-corrected chi connectivity index (χ0v) is 14.4. The summed E-state index contributed by atoms with van der Waals surface area (Å²) in [5.41, 5.74) is 2.36. The quantitative estimate of drug-likeness (QED) is 0.582. The predicted octanol–water partition coefficient (Wildman–Crippen LogP) is 5.01. The van der Waals surface area contributed by atoms with Gasteiger partial charge in [-0.2, -0.15) is 5.26 Å². The maximum atomic E-state index is 12.2. The Morgan fingerprint density at radius 3 is 2.62 bits per heavy atom. The summed E-state index contributed by atoms with van der Waals surface area (Å²) >= 11 is 11.7. The fourth-order valence-electron chi connectivity index (χ4n) is 2.04. The van der Waals surface area contributed by atoms with Gasteiger partial charge >= 0.3 is 0 Å². The largest absolute Gasteiger partial charge is 0.360 e. The number of rotatable bonds is 5. The molecule has 0 aliphatic heterocycles. The van der Waals surface area contributed by atoms with Crippen LogP contribution in [0, 0.1) is 11.3 Å². The second kappa shape index (κ2) is 8.39. The number of carbonyl (C=O) groups is 1. The van der Waals surface area contributed by atoms with Crippen molar-refractivity contribution < 1.29 is 4.79 Å². The van der Waals surface area contributed by atoms with Crippen LogP contribution >= 0.6 is 23.2 Å². The van der Waals surface area contributed by atoms with Crippen LogP contribution < -0.4 is 10.6 Å². The average molecular weight is 360 g/mol. The lowest BCUT2D eigenvalue weighted by molar-refractivity contribution is -0.112. The van der Waals surface area contributed by atoms with Crippen molar-refractivity contribution in [3.63, 3.8) is 0 Å². The minimum Gasteiger partial charge on any atom is -0.360 e. The summed E-state index contributed by atoms with van der Waals surface area (Å²) in [6.45, 7) is 2.03. The molecule has 24 heavy (non-hydrogen) atoms. The Morgan fingerprint density at radius 1 is 1.21 bits per heavy atom. The Hall–Kier alpha value is -2.48. The third-order valence-corrected chi connectivity index (χ3v) is 4.05. The fraction of sp³-hybridized carbons (Fsp3) is 0.111. The van der Waals surface area contributed by atoms with Gasteiger partial charge in [0, 0.05) is 17.6 Å². The Labute approximate surface area is 150 Å². The number of nitrogens with zero attached hydrogens (tertiary/aromatic N) is 1. The first kappa shape index (κ1) is 17.9. The molecule has 4 nitrogen and oxygen atoms in total. The highest BCUT2D eigenvalue weighted by Crippen LogP contribution is 2.25. The van der Waals surface area contributed by atoms with Crippen molar-refractivity contribution in [2.75, 3.05) is 10.6 Å². The number of carbonyl (C=O) groups excluding carboxylic acids is 1.